The van der Waals surface area contributed by atoms with Crippen molar-refractivity contribution in [2.24, 2.45) is 0 Å². The lowest BCUT2D eigenvalue weighted by Gasteiger charge is -2.09. The fraction of sp³-hybridized carbons (Fsp3) is 0.308. The van der Waals surface area contributed by atoms with Crippen molar-refractivity contribution in [1.82, 2.24) is 4.98 Å². The largest absolute Gasteiger partial charge is 0.454 e. The van der Waals surface area contributed by atoms with Crippen molar-refractivity contribution in [2.75, 3.05) is 30.7 Å². The maximum absolute atomic E-state index is 11.1. The van der Waals surface area contributed by atoms with Crippen molar-refractivity contribution < 1.29 is 17.9 Å². The van der Waals surface area contributed by atoms with Crippen LogP contribution in [0, 0.1) is 0 Å². The van der Waals surface area contributed by atoms with Crippen LogP contribution >= 0.6 is 0 Å². The third kappa shape index (κ3) is 2.62. The van der Waals surface area contributed by atoms with Gasteiger partial charge >= 0.3 is 0 Å². The predicted octanol–water partition coefficient (Wildman–Crippen LogP) is 1.42. The van der Waals surface area contributed by atoms with E-state index in [1.54, 1.807) is 6.20 Å². The highest BCUT2D eigenvalue weighted by molar-refractivity contribution is 7.90. The Kier molecular flexibility index (Phi) is 3.13. The van der Waals surface area contributed by atoms with Crippen LogP contribution < -0.4 is 14.8 Å². The van der Waals surface area contributed by atoms with Gasteiger partial charge in [0.15, 0.2) is 11.5 Å². The number of hydrogen-bond acceptors (Lipinski definition) is 6. The molecule has 0 fully saturated rings. The first-order chi connectivity index (χ1) is 9.53. The van der Waals surface area contributed by atoms with Gasteiger partial charge in [-0.05, 0) is 23.6 Å². The molecule has 7 heteroatoms. The number of fused-ring (bicyclic) bond motifs is 2. The van der Waals surface area contributed by atoms with Gasteiger partial charge < -0.3 is 14.8 Å². The van der Waals surface area contributed by atoms with Gasteiger partial charge in [0.1, 0.15) is 15.7 Å². The summed E-state index contributed by atoms with van der Waals surface area (Å²) in [6.45, 7) is 0.537. The van der Waals surface area contributed by atoms with Crippen LogP contribution in [0.1, 0.15) is 0 Å². The van der Waals surface area contributed by atoms with E-state index < -0.39 is 9.84 Å². The highest BCUT2D eigenvalue weighted by Gasteiger charge is 2.15. The van der Waals surface area contributed by atoms with Crippen LogP contribution in [0.3, 0.4) is 0 Å². The Morgan fingerprint density at radius 1 is 1.30 bits per heavy atom. The molecule has 0 unspecified atom stereocenters. The van der Waals surface area contributed by atoms with E-state index >= 15 is 0 Å². The minimum Gasteiger partial charge on any atom is -0.454 e. The molecule has 0 bridgehead atoms. The molecule has 1 aromatic heterocycles. The van der Waals surface area contributed by atoms with Gasteiger partial charge in [0.2, 0.25) is 6.79 Å². The van der Waals surface area contributed by atoms with Crippen molar-refractivity contribution in [1.29, 1.82) is 0 Å². The molecule has 0 amide bonds. The van der Waals surface area contributed by atoms with Gasteiger partial charge in [-0.25, -0.2) is 13.4 Å². The van der Waals surface area contributed by atoms with Gasteiger partial charge in [-0.15, -0.1) is 0 Å². The molecule has 6 nitrogen and oxygen atoms in total. The number of aromatic nitrogens is 1. The summed E-state index contributed by atoms with van der Waals surface area (Å²) in [6.07, 6.45) is 2.89. The summed E-state index contributed by atoms with van der Waals surface area (Å²) in [5.74, 6) is 2.10. The molecule has 106 valence electrons. The number of nitrogens with zero attached hydrogens (tertiary/aromatic N) is 1. The number of sulfone groups is 1. The second-order valence-corrected chi connectivity index (χ2v) is 6.90. The Balaban J connectivity index is 1.91. The quantitative estimate of drug-likeness (QED) is 0.919. The van der Waals surface area contributed by atoms with E-state index in [0.29, 0.717) is 23.9 Å². The minimum atomic E-state index is -2.99. The Hall–Kier alpha value is -2.02. The lowest BCUT2D eigenvalue weighted by molar-refractivity contribution is 0.174. The van der Waals surface area contributed by atoms with Gasteiger partial charge in [0.05, 0.1) is 5.75 Å². The highest BCUT2D eigenvalue weighted by atomic mass is 32.2. The molecular weight excluding hydrogens is 280 g/mol. The number of hydrogen-bond donors (Lipinski definition) is 1. The van der Waals surface area contributed by atoms with E-state index in [0.717, 1.165) is 10.8 Å². The molecular formula is C13H14N2O4S. The van der Waals surface area contributed by atoms with Gasteiger partial charge in [-0.3, -0.25) is 0 Å². The summed E-state index contributed by atoms with van der Waals surface area (Å²) in [6, 6.07) is 5.62. The smallest absolute Gasteiger partial charge is 0.231 e. The monoisotopic (exact) mass is 294 g/mol. The molecule has 0 spiro atoms. The zero-order valence-corrected chi connectivity index (χ0v) is 11.7. The summed E-state index contributed by atoms with van der Waals surface area (Å²) < 4.78 is 33.0. The molecule has 3 rings (SSSR count). The molecule has 1 N–H and O–H groups in total. The molecule has 0 radical (unpaired) electrons. The number of rotatable bonds is 4. The Morgan fingerprint density at radius 3 is 2.80 bits per heavy atom. The van der Waals surface area contributed by atoms with Crippen molar-refractivity contribution >= 4 is 26.4 Å². The van der Waals surface area contributed by atoms with E-state index in [4.69, 9.17) is 9.47 Å². The second-order valence-electron chi connectivity index (χ2n) is 4.64. The first-order valence-electron chi connectivity index (χ1n) is 6.13. The Morgan fingerprint density at radius 2 is 2.05 bits per heavy atom. The third-order valence-corrected chi connectivity index (χ3v) is 3.97. The zero-order valence-electron chi connectivity index (χ0n) is 10.9. The summed E-state index contributed by atoms with van der Waals surface area (Å²) in [4.78, 5) is 4.25. The molecule has 0 aliphatic carbocycles. The maximum Gasteiger partial charge on any atom is 0.231 e. The molecule has 0 saturated carbocycles. The average Bonchev–Trinajstić information content (AvgIpc) is 2.82. The maximum atomic E-state index is 11.1. The first kappa shape index (κ1) is 13.0. The standard InChI is InChI=1S/C13H14N2O4S/c1-20(16,17)5-4-15-13-10-7-12-11(18-8-19-12)6-9(10)2-3-14-13/h2-3,6-7H,4-5,8H2,1H3,(H,14,15). The van der Waals surface area contributed by atoms with Gasteiger partial charge in [-0.2, -0.15) is 0 Å². The van der Waals surface area contributed by atoms with Gasteiger partial charge in [0.25, 0.3) is 0 Å². The number of nitrogens with one attached hydrogen (secondary N) is 1. The molecule has 20 heavy (non-hydrogen) atoms. The Bertz CT molecular complexity index is 758. The topological polar surface area (TPSA) is 77.5 Å². The van der Waals surface area contributed by atoms with Crippen LogP contribution in [-0.2, 0) is 9.84 Å². The number of pyridine rings is 1. The van der Waals surface area contributed by atoms with E-state index in [2.05, 4.69) is 10.3 Å². The Labute approximate surface area is 116 Å². The van der Waals surface area contributed by atoms with E-state index in [1.807, 2.05) is 18.2 Å². The van der Waals surface area contributed by atoms with Gasteiger partial charge in [-0.1, -0.05) is 0 Å². The van der Waals surface area contributed by atoms with Gasteiger partial charge in [0, 0.05) is 24.4 Å². The van der Waals surface area contributed by atoms with E-state index in [-0.39, 0.29) is 12.5 Å². The summed E-state index contributed by atoms with van der Waals surface area (Å²) in [5.41, 5.74) is 0. The summed E-state index contributed by atoms with van der Waals surface area (Å²) in [5, 5.41) is 4.89. The molecule has 2 heterocycles. The molecule has 1 aliphatic rings. The third-order valence-electron chi connectivity index (χ3n) is 3.02. The lowest BCUT2D eigenvalue weighted by atomic mass is 10.1. The van der Waals surface area contributed by atoms with Crippen molar-refractivity contribution in [2.45, 2.75) is 0 Å². The highest BCUT2D eigenvalue weighted by Crippen LogP contribution is 2.37. The average molecular weight is 294 g/mol. The van der Waals surface area contributed by atoms with Crippen molar-refractivity contribution in [3.63, 3.8) is 0 Å². The lowest BCUT2D eigenvalue weighted by Crippen LogP contribution is -2.14. The van der Waals surface area contributed by atoms with Crippen LogP contribution in [0.15, 0.2) is 24.4 Å². The normalized spacial score (nSPS) is 13.7. The molecule has 0 saturated heterocycles. The fourth-order valence-corrected chi connectivity index (χ4v) is 2.53. The van der Waals surface area contributed by atoms with E-state index in [1.165, 1.54) is 6.26 Å². The summed E-state index contributed by atoms with van der Waals surface area (Å²) >= 11 is 0. The fourth-order valence-electron chi connectivity index (χ4n) is 2.06. The molecule has 1 aliphatic heterocycles. The number of benzene rings is 1. The minimum absolute atomic E-state index is 0.0651. The number of ether oxygens (including phenoxy) is 2. The SMILES string of the molecule is CS(=O)(=O)CCNc1nccc2cc3c(cc12)OCO3. The van der Waals surface area contributed by atoms with Crippen molar-refractivity contribution in [3.8, 4) is 11.5 Å². The second kappa shape index (κ2) is 4.82. The first-order valence-corrected chi connectivity index (χ1v) is 8.19. The molecule has 0 atom stereocenters. The van der Waals surface area contributed by atoms with E-state index in [9.17, 15) is 8.42 Å². The van der Waals surface area contributed by atoms with Crippen LogP contribution in [0.5, 0.6) is 11.5 Å². The van der Waals surface area contributed by atoms with Crippen LogP contribution in [0.4, 0.5) is 5.82 Å². The number of anilines is 1. The molecule has 1 aromatic carbocycles. The zero-order chi connectivity index (χ0) is 14.2. The van der Waals surface area contributed by atoms with Crippen LogP contribution in [0.25, 0.3) is 10.8 Å². The van der Waals surface area contributed by atoms with Crippen molar-refractivity contribution in [3.05, 3.63) is 24.4 Å². The van der Waals surface area contributed by atoms with Crippen LogP contribution in [-0.4, -0.2) is 38.7 Å². The predicted molar refractivity (Wildman–Crippen MR) is 76.1 cm³/mol. The molecule has 2 aromatic rings. The summed E-state index contributed by atoms with van der Waals surface area (Å²) in [7, 11) is -2.99. The van der Waals surface area contributed by atoms with Crippen LogP contribution in [0.2, 0.25) is 0 Å².